The summed E-state index contributed by atoms with van der Waals surface area (Å²) in [6, 6.07) is 32.3. The monoisotopic (exact) mass is 616 g/mol. The van der Waals surface area contributed by atoms with Crippen LogP contribution < -0.4 is 11.5 Å². The van der Waals surface area contributed by atoms with Crippen LogP contribution in [-0.4, -0.2) is 0 Å². The van der Waals surface area contributed by atoms with Gasteiger partial charge >= 0.3 is 0 Å². The van der Waals surface area contributed by atoms with Gasteiger partial charge in [-0.25, -0.2) is 0 Å². The van der Waals surface area contributed by atoms with Gasteiger partial charge in [0.15, 0.2) is 0 Å². The van der Waals surface area contributed by atoms with E-state index in [0.29, 0.717) is 17.8 Å². The van der Waals surface area contributed by atoms with Crippen LogP contribution >= 0.6 is 0 Å². The predicted molar refractivity (Wildman–Crippen MR) is 202 cm³/mol. The summed E-state index contributed by atoms with van der Waals surface area (Å²) in [4.78, 5) is 0. The lowest BCUT2D eigenvalue weighted by Crippen LogP contribution is -2.07. The Balaban J connectivity index is 1.63. The van der Waals surface area contributed by atoms with Gasteiger partial charge in [0.25, 0.3) is 0 Å². The van der Waals surface area contributed by atoms with Crippen LogP contribution in [0.15, 0.2) is 84.9 Å². The van der Waals surface area contributed by atoms with E-state index < -0.39 is 0 Å². The zero-order valence-electron chi connectivity index (χ0n) is 29.5. The lowest BCUT2D eigenvalue weighted by Gasteiger charge is -2.24. The van der Waals surface area contributed by atoms with E-state index in [-0.39, 0.29) is 0 Å². The molecule has 0 aromatic heterocycles. The van der Waals surface area contributed by atoms with Crippen molar-refractivity contribution in [3.8, 4) is 0 Å². The first-order chi connectivity index (χ1) is 22.4. The van der Waals surface area contributed by atoms with Crippen molar-refractivity contribution in [3.63, 3.8) is 0 Å². The van der Waals surface area contributed by atoms with Gasteiger partial charge in [0.05, 0.1) is 0 Å². The number of hydrogen-bond donors (Lipinski definition) is 2. The second kappa shape index (κ2) is 18.0. The van der Waals surface area contributed by atoms with Crippen LogP contribution in [0.3, 0.4) is 0 Å². The molecular formula is C44H60N2. The summed E-state index contributed by atoms with van der Waals surface area (Å²) < 4.78 is 0. The summed E-state index contributed by atoms with van der Waals surface area (Å²) in [5.41, 5.74) is 25.1. The Morgan fingerprint density at radius 1 is 0.413 bits per heavy atom. The first kappa shape index (κ1) is 35.3. The van der Waals surface area contributed by atoms with Crippen LogP contribution in [0, 0.1) is 13.8 Å². The Morgan fingerprint density at radius 3 is 1.02 bits per heavy atom. The molecule has 0 amide bonds. The van der Waals surface area contributed by atoms with E-state index in [9.17, 15) is 0 Å². The average molecular weight is 617 g/mol. The fraction of sp³-hybridized carbons (Fsp3) is 0.455. The molecule has 0 spiro atoms. The first-order valence-electron chi connectivity index (χ1n) is 18.3. The molecule has 0 aliphatic carbocycles. The Bertz CT molecular complexity index is 1360. The Kier molecular flexibility index (Phi) is 13.8. The minimum absolute atomic E-state index is 0.403. The average Bonchev–Trinajstić information content (AvgIpc) is 3.05. The second-order valence-corrected chi connectivity index (χ2v) is 13.7. The smallest absolute Gasteiger partial charge is 0.0316 e. The van der Waals surface area contributed by atoms with Crippen LogP contribution in [0.1, 0.15) is 160 Å². The number of rotatable bonds is 18. The highest BCUT2D eigenvalue weighted by Gasteiger charge is 2.21. The second-order valence-electron chi connectivity index (χ2n) is 13.7. The predicted octanol–water partition coefficient (Wildman–Crippen LogP) is 12.6. The molecule has 2 unspecified atom stereocenters. The fourth-order valence-electron chi connectivity index (χ4n) is 7.43. The van der Waals surface area contributed by atoms with E-state index in [1.54, 1.807) is 0 Å². The molecule has 46 heavy (non-hydrogen) atoms. The summed E-state index contributed by atoms with van der Waals surface area (Å²) in [5.74, 6) is 1.21. The lowest BCUT2D eigenvalue weighted by molar-refractivity contribution is 0.610. The van der Waals surface area contributed by atoms with E-state index >= 15 is 0 Å². The van der Waals surface area contributed by atoms with Crippen LogP contribution in [0.4, 0.5) is 11.4 Å². The van der Waals surface area contributed by atoms with Crippen LogP contribution in [0.2, 0.25) is 0 Å². The zero-order chi connectivity index (χ0) is 32.9. The van der Waals surface area contributed by atoms with Gasteiger partial charge in [0.2, 0.25) is 0 Å². The molecule has 4 aromatic rings. The van der Waals surface area contributed by atoms with Gasteiger partial charge in [-0.2, -0.15) is 0 Å². The summed E-state index contributed by atoms with van der Waals surface area (Å²) in [6.07, 6.45) is 14.8. The van der Waals surface area contributed by atoms with Gasteiger partial charge in [-0.15, -0.1) is 0 Å². The number of unbranched alkanes of at least 4 members (excludes halogenated alkanes) is 6. The van der Waals surface area contributed by atoms with Crippen molar-refractivity contribution in [3.05, 3.63) is 129 Å². The van der Waals surface area contributed by atoms with E-state index in [2.05, 4.69) is 120 Å². The molecule has 0 aliphatic heterocycles. The number of hydrogen-bond acceptors (Lipinski definition) is 2. The first-order valence-corrected chi connectivity index (χ1v) is 18.3. The molecule has 4 rings (SSSR count). The van der Waals surface area contributed by atoms with Crippen molar-refractivity contribution in [2.75, 3.05) is 11.5 Å². The Labute approximate surface area is 281 Å². The van der Waals surface area contributed by atoms with Gasteiger partial charge < -0.3 is 11.5 Å². The van der Waals surface area contributed by atoms with Gasteiger partial charge in [0, 0.05) is 29.1 Å². The van der Waals surface area contributed by atoms with E-state index in [0.717, 1.165) is 11.4 Å². The minimum atomic E-state index is 0.403. The molecule has 4 aromatic carbocycles. The van der Waals surface area contributed by atoms with Crippen molar-refractivity contribution < 1.29 is 0 Å². The lowest BCUT2D eigenvalue weighted by atomic mass is 9.81. The Morgan fingerprint density at radius 2 is 0.717 bits per heavy atom. The highest BCUT2D eigenvalue weighted by atomic mass is 14.5. The van der Waals surface area contributed by atoms with Crippen LogP contribution in [0.5, 0.6) is 0 Å². The molecule has 2 heteroatoms. The summed E-state index contributed by atoms with van der Waals surface area (Å²) in [7, 11) is 0. The summed E-state index contributed by atoms with van der Waals surface area (Å²) >= 11 is 0. The molecular weight excluding hydrogens is 556 g/mol. The number of nitrogens with two attached hydrogens (primary N) is 2. The molecule has 0 heterocycles. The van der Waals surface area contributed by atoms with Crippen LogP contribution in [0.25, 0.3) is 0 Å². The third-order valence-electron chi connectivity index (χ3n) is 10.1. The maximum atomic E-state index is 6.14. The molecule has 0 bridgehead atoms. The topological polar surface area (TPSA) is 52.0 Å². The number of anilines is 2. The number of aryl methyl sites for hydroxylation is 2. The van der Waals surface area contributed by atoms with Gasteiger partial charge in [-0.1, -0.05) is 139 Å². The molecule has 0 saturated heterocycles. The van der Waals surface area contributed by atoms with E-state index in [4.69, 9.17) is 11.5 Å². The highest BCUT2D eigenvalue weighted by Crippen LogP contribution is 2.38. The SMILES string of the molecule is CCCCCC(c1ccc(C(CCCCC)c2ccc(N)cc2C)cc1)c1ccc(C(CCCCC)c2ccc(N)cc2C)cc1. The Hall–Kier alpha value is -3.52. The summed E-state index contributed by atoms with van der Waals surface area (Å²) in [5, 5.41) is 0. The molecule has 4 N–H and O–H groups in total. The van der Waals surface area contributed by atoms with Crippen molar-refractivity contribution in [2.24, 2.45) is 0 Å². The zero-order valence-corrected chi connectivity index (χ0v) is 29.5. The molecule has 0 aliphatic rings. The van der Waals surface area contributed by atoms with Crippen molar-refractivity contribution in [1.82, 2.24) is 0 Å². The van der Waals surface area contributed by atoms with Crippen molar-refractivity contribution in [1.29, 1.82) is 0 Å². The molecule has 0 radical (unpaired) electrons. The molecule has 246 valence electrons. The van der Waals surface area contributed by atoms with Gasteiger partial charge in [0.1, 0.15) is 0 Å². The number of benzene rings is 4. The van der Waals surface area contributed by atoms with Crippen molar-refractivity contribution in [2.45, 2.75) is 129 Å². The van der Waals surface area contributed by atoms with Crippen LogP contribution in [-0.2, 0) is 0 Å². The maximum absolute atomic E-state index is 6.14. The molecule has 2 atom stereocenters. The quantitative estimate of drug-likeness (QED) is 0.0863. The standard InChI is InChI=1S/C44H60N2/c1-6-9-12-15-42(34-18-22-36(23-19-34)43(16-13-10-7-2)40-28-26-38(45)30-32(40)4)35-20-24-37(25-21-35)44(17-14-11-8-3)41-29-27-39(46)31-33(41)5/h18-31,42-44H,6-17,45-46H2,1-5H3. The van der Waals surface area contributed by atoms with Gasteiger partial charge in [-0.05, 0) is 102 Å². The third-order valence-corrected chi connectivity index (χ3v) is 10.1. The number of nitrogen functional groups attached to an aromatic ring is 2. The largest absolute Gasteiger partial charge is 0.399 e. The molecule has 2 nitrogen and oxygen atoms in total. The van der Waals surface area contributed by atoms with E-state index in [1.165, 1.54) is 122 Å². The highest BCUT2D eigenvalue weighted by molar-refractivity contribution is 5.50. The summed E-state index contributed by atoms with van der Waals surface area (Å²) in [6.45, 7) is 11.3. The molecule has 0 fully saturated rings. The normalized spacial score (nSPS) is 13.4. The van der Waals surface area contributed by atoms with Crippen molar-refractivity contribution >= 4 is 11.4 Å². The van der Waals surface area contributed by atoms with E-state index in [1.807, 2.05) is 0 Å². The van der Waals surface area contributed by atoms with Gasteiger partial charge in [-0.3, -0.25) is 0 Å². The third kappa shape index (κ3) is 9.50. The maximum Gasteiger partial charge on any atom is 0.0316 e. The molecule has 0 saturated carbocycles. The minimum Gasteiger partial charge on any atom is -0.399 e. The fourth-order valence-corrected chi connectivity index (χ4v) is 7.43.